The Morgan fingerprint density at radius 3 is 2.50 bits per heavy atom. The zero-order valence-electron chi connectivity index (χ0n) is 13.7. The smallest absolute Gasteiger partial charge is 0.275 e. The predicted octanol–water partition coefficient (Wildman–Crippen LogP) is 3.68. The highest BCUT2D eigenvalue weighted by Gasteiger charge is 2.40. The zero-order valence-corrected chi connectivity index (χ0v) is 13.7. The van der Waals surface area contributed by atoms with E-state index in [4.69, 9.17) is 0 Å². The van der Waals surface area contributed by atoms with Crippen molar-refractivity contribution >= 4 is 11.9 Å². The van der Waals surface area contributed by atoms with E-state index in [0.717, 1.165) is 0 Å². The summed E-state index contributed by atoms with van der Waals surface area (Å²) in [4.78, 5) is 26.2. The molecular formula is C17H19N3O4. The molecule has 126 valence electrons. The summed E-state index contributed by atoms with van der Waals surface area (Å²) in [6.07, 6.45) is 8.14. The van der Waals surface area contributed by atoms with Crippen LogP contribution in [0, 0.1) is 25.6 Å². The first kappa shape index (κ1) is 17.5. The van der Waals surface area contributed by atoms with E-state index in [-0.39, 0.29) is 10.6 Å². The fraction of sp³-hybridized carbons (Fsp3) is 0.353. The third kappa shape index (κ3) is 3.40. The van der Waals surface area contributed by atoms with Gasteiger partial charge in [0.15, 0.2) is 0 Å². The van der Waals surface area contributed by atoms with Crippen LogP contribution in [0.2, 0.25) is 0 Å². The molecule has 0 aromatic heterocycles. The van der Waals surface area contributed by atoms with Gasteiger partial charge >= 0.3 is 0 Å². The molecule has 7 nitrogen and oxygen atoms in total. The molecule has 2 rings (SSSR count). The second-order valence-corrected chi connectivity index (χ2v) is 6.43. The Bertz CT molecular complexity index is 752. The summed E-state index contributed by atoms with van der Waals surface area (Å²) in [5.74, 6) is 0. The van der Waals surface area contributed by atoms with Crippen LogP contribution in [0.25, 0.3) is 0 Å². The molecule has 1 aliphatic rings. The largest absolute Gasteiger partial charge is 0.285 e. The molecule has 2 atom stereocenters. The lowest BCUT2D eigenvalue weighted by Gasteiger charge is -2.27. The molecule has 1 aromatic rings. The van der Waals surface area contributed by atoms with E-state index in [1.165, 1.54) is 18.4 Å². The Labute approximate surface area is 139 Å². The third-order valence-electron chi connectivity index (χ3n) is 4.15. The van der Waals surface area contributed by atoms with Gasteiger partial charge in [-0.3, -0.25) is 25.2 Å². The summed E-state index contributed by atoms with van der Waals surface area (Å²) in [6.45, 7) is 5.22. The van der Waals surface area contributed by atoms with Gasteiger partial charge in [0.1, 0.15) is 0 Å². The number of allylic oxidation sites excluding steroid dienone is 2. The molecule has 7 heteroatoms. The van der Waals surface area contributed by atoms with Gasteiger partial charge in [0.05, 0.1) is 21.4 Å². The molecule has 0 spiro atoms. The van der Waals surface area contributed by atoms with Gasteiger partial charge in [-0.2, -0.15) is 0 Å². The molecule has 0 radical (unpaired) electrons. The van der Waals surface area contributed by atoms with Crippen LogP contribution in [-0.2, 0) is 5.54 Å². The minimum Gasteiger partial charge on any atom is -0.285 e. The van der Waals surface area contributed by atoms with E-state index in [2.05, 4.69) is 4.99 Å². The first-order chi connectivity index (χ1) is 11.2. The Morgan fingerprint density at radius 2 is 1.88 bits per heavy atom. The topological polar surface area (TPSA) is 98.6 Å². The molecule has 0 heterocycles. The van der Waals surface area contributed by atoms with Gasteiger partial charge in [0.25, 0.3) is 5.69 Å². The third-order valence-corrected chi connectivity index (χ3v) is 4.15. The van der Waals surface area contributed by atoms with Crippen molar-refractivity contribution in [2.45, 2.75) is 32.4 Å². The summed E-state index contributed by atoms with van der Waals surface area (Å²) >= 11 is 0. The molecular weight excluding hydrogens is 310 g/mol. The highest BCUT2D eigenvalue weighted by molar-refractivity contribution is 5.71. The van der Waals surface area contributed by atoms with Crippen LogP contribution >= 0.6 is 0 Å². The second-order valence-electron chi connectivity index (χ2n) is 6.43. The number of hydrogen-bond donors (Lipinski definition) is 0. The van der Waals surface area contributed by atoms with Crippen LogP contribution in [0.5, 0.6) is 0 Å². The molecule has 0 bridgehead atoms. The molecule has 0 amide bonds. The molecule has 2 unspecified atom stereocenters. The number of para-hydroxylation sites is 1. The van der Waals surface area contributed by atoms with Gasteiger partial charge in [-0.15, -0.1) is 0 Å². The molecule has 0 N–H and O–H groups in total. The SMILES string of the molecule is CC(C)(N=CC1(C)C=CC=CC1[N+](=O)[O-])c1ccccc1[N+](=O)[O-]. The van der Waals surface area contributed by atoms with Gasteiger partial charge in [-0.05, 0) is 32.9 Å². The molecule has 0 aliphatic heterocycles. The van der Waals surface area contributed by atoms with Crippen molar-refractivity contribution < 1.29 is 9.85 Å². The Kier molecular flexibility index (Phi) is 4.64. The van der Waals surface area contributed by atoms with Gasteiger partial charge in [0.2, 0.25) is 6.04 Å². The Morgan fingerprint density at radius 1 is 1.21 bits per heavy atom. The first-order valence-electron chi connectivity index (χ1n) is 7.47. The lowest BCUT2D eigenvalue weighted by molar-refractivity contribution is -0.520. The fourth-order valence-electron chi connectivity index (χ4n) is 2.68. The maximum atomic E-state index is 11.3. The van der Waals surface area contributed by atoms with Crippen LogP contribution in [0.1, 0.15) is 26.3 Å². The van der Waals surface area contributed by atoms with Crippen LogP contribution in [0.4, 0.5) is 5.69 Å². The number of nitro groups is 2. The number of nitrogens with zero attached hydrogens (tertiary/aromatic N) is 3. The number of nitro benzene ring substituents is 1. The van der Waals surface area contributed by atoms with E-state index >= 15 is 0 Å². The monoisotopic (exact) mass is 329 g/mol. The summed E-state index contributed by atoms with van der Waals surface area (Å²) < 4.78 is 0. The normalized spacial score (nSPS) is 23.5. The van der Waals surface area contributed by atoms with Gasteiger partial charge < -0.3 is 0 Å². The maximum Gasteiger partial charge on any atom is 0.275 e. The summed E-state index contributed by atoms with van der Waals surface area (Å²) in [5.41, 5.74) is -1.33. The predicted molar refractivity (Wildman–Crippen MR) is 91.8 cm³/mol. The lowest BCUT2D eigenvalue weighted by atomic mass is 9.80. The van der Waals surface area contributed by atoms with Crippen molar-refractivity contribution in [3.63, 3.8) is 0 Å². The second kappa shape index (κ2) is 6.35. The average molecular weight is 329 g/mol. The van der Waals surface area contributed by atoms with E-state index < -0.39 is 21.9 Å². The fourth-order valence-corrected chi connectivity index (χ4v) is 2.68. The van der Waals surface area contributed by atoms with Crippen LogP contribution < -0.4 is 0 Å². The van der Waals surface area contributed by atoms with Gasteiger partial charge in [-0.1, -0.05) is 30.4 Å². The van der Waals surface area contributed by atoms with Crippen LogP contribution in [0.3, 0.4) is 0 Å². The van der Waals surface area contributed by atoms with Gasteiger partial charge in [-0.25, -0.2) is 0 Å². The average Bonchev–Trinajstić information content (AvgIpc) is 2.53. The van der Waals surface area contributed by atoms with Crippen molar-refractivity contribution in [1.82, 2.24) is 0 Å². The highest BCUT2D eigenvalue weighted by atomic mass is 16.6. The van der Waals surface area contributed by atoms with Crippen molar-refractivity contribution in [1.29, 1.82) is 0 Å². The molecule has 1 aromatic carbocycles. The standard InChI is InChI=1S/C17H19N3O4/c1-16(2,13-8-4-5-9-14(13)19(21)22)18-12-17(3)11-7-6-10-15(17)20(23)24/h4-12,15H,1-3H3. The highest BCUT2D eigenvalue weighted by Crippen LogP contribution is 2.34. The van der Waals surface area contributed by atoms with E-state index in [0.29, 0.717) is 5.56 Å². The summed E-state index contributed by atoms with van der Waals surface area (Å²) in [7, 11) is 0. The Hall–Kier alpha value is -2.83. The number of aliphatic imine (C=N–C) groups is 1. The van der Waals surface area contributed by atoms with Crippen LogP contribution in [0.15, 0.2) is 53.6 Å². The molecule has 0 saturated heterocycles. The van der Waals surface area contributed by atoms with E-state index in [1.807, 2.05) is 0 Å². The first-order valence-corrected chi connectivity index (χ1v) is 7.47. The van der Waals surface area contributed by atoms with E-state index in [1.54, 1.807) is 57.2 Å². The number of hydrogen-bond acceptors (Lipinski definition) is 5. The minimum atomic E-state index is -0.923. The maximum absolute atomic E-state index is 11.3. The summed E-state index contributed by atoms with van der Waals surface area (Å²) in [6, 6.07) is 5.47. The van der Waals surface area contributed by atoms with Crippen molar-refractivity contribution in [3.05, 3.63) is 74.4 Å². The number of benzene rings is 1. The molecule has 1 aliphatic carbocycles. The van der Waals surface area contributed by atoms with Gasteiger partial charge in [0, 0.05) is 17.2 Å². The minimum absolute atomic E-state index is 0.0188. The number of rotatable bonds is 5. The van der Waals surface area contributed by atoms with Crippen molar-refractivity contribution in [3.8, 4) is 0 Å². The van der Waals surface area contributed by atoms with Crippen LogP contribution in [-0.4, -0.2) is 22.1 Å². The van der Waals surface area contributed by atoms with Crippen molar-refractivity contribution in [2.75, 3.05) is 0 Å². The molecule has 0 saturated carbocycles. The Balaban J connectivity index is 2.40. The van der Waals surface area contributed by atoms with Crippen molar-refractivity contribution in [2.24, 2.45) is 10.4 Å². The lowest BCUT2D eigenvalue weighted by Crippen LogP contribution is -2.38. The van der Waals surface area contributed by atoms with E-state index in [9.17, 15) is 20.2 Å². The zero-order chi connectivity index (χ0) is 18.0. The quantitative estimate of drug-likeness (QED) is 0.467. The molecule has 24 heavy (non-hydrogen) atoms. The summed E-state index contributed by atoms with van der Waals surface area (Å²) in [5, 5.41) is 22.5. The molecule has 0 fully saturated rings.